The summed E-state index contributed by atoms with van der Waals surface area (Å²) >= 11 is 5.76. The highest BCUT2D eigenvalue weighted by molar-refractivity contribution is 6.31. The van der Waals surface area contributed by atoms with Crippen LogP contribution in [0.5, 0.6) is 0 Å². The molecule has 4 rings (SSSR count). The molecule has 8 heteroatoms. The first-order valence-corrected chi connectivity index (χ1v) is 9.60. The minimum absolute atomic E-state index is 0.115. The minimum Gasteiger partial charge on any atom is -0.345 e. The smallest absolute Gasteiger partial charge is 0.255 e. The molecule has 0 aliphatic heterocycles. The third-order valence-corrected chi connectivity index (χ3v) is 5.28. The van der Waals surface area contributed by atoms with Crippen LogP contribution >= 0.6 is 11.6 Å². The molecule has 5 nitrogen and oxygen atoms in total. The molecule has 0 bridgehead atoms. The van der Waals surface area contributed by atoms with Crippen LogP contribution in [0.3, 0.4) is 0 Å². The number of benzene rings is 2. The van der Waals surface area contributed by atoms with Gasteiger partial charge in [0.25, 0.3) is 11.8 Å². The van der Waals surface area contributed by atoms with E-state index in [-0.39, 0.29) is 10.9 Å². The number of pyridine rings is 1. The van der Waals surface area contributed by atoms with Gasteiger partial charge in [0.1, 0.15) is 11.6 Å². The lowest BCUT2D eigenvalue weighted by Crippen LogP contribution is -2.28. The van der Waals surface area contributed by atoms with Crippen LogP contribution < -0.4 is 10.6 Å². The number of nitrogens with zero attached hydrogens (tertiary/aromatic N) is 1. The Bertz CT molecular complexity index is 1140. The van der Waals surface area contributed by atoms with E-state index < -0.39 is 23.6 Å². The van der Waals surface area contributed by atoms with Gasteiger partial charge in [-0.25, -0.2) is 8.78 Å². The molecule has 0 radical (unpaired) electrons. The van der Waals surface area contributed by atoms with Crippen molar-refractivity contribution in [3.05, 3.63) is 93.8 Å². The predicted molar refractivity (Wildman–Crippen MR) is 109 cm³/mol. The second-order valence-electron chi connectivity index (χ2n) is 6.88. The maximum atomic E-state index is 14.6. The van der Waals surface area contributed by atoms with Crippen molar-refractivity contribution in [3.8, 4) is 0 Å². The molecule has 3 aromatic rings. The summed E-state index contributed by atoms with van der Waals surface area (Å²) < 4.78 is 27.9. The van der Waals surface area contributed by atoms with Crippen molar-refractivity contribution >= 4 is 29.1 Å². The molecule has 1 aromatic heterocycles. The van der Waals surface area contributed by atoms with Crippen molar-refractivity contribution in [2.75, 3.05) is 5.32 Å². The van der Waals surface area contributed by atoms with Gasteiger partial charge < -0.3 is 10.6 Å². The summed E-state index contributed by atoms with van der Waals surface area (Å²) in [7, 11) is 0. The molecule has 0 fully saturated rings. The van der Waals surface area contributed by atoms with Crippen molar-refractivity contribution in [2.45, 2.75) is 18.9 Å². The lowest BCUT2D eigenvalue weighted by molar-refractivity contribution is 0.0935. The molecular formula is C22H16ClF2N3O2. The average Bonchev–Trinajstić information content (AvgIpc) is 3.16. The lowest BCUT2D eigenvalue weighted by Gasteiger charge is -2.16. The average molecular weight is 428 g/mol. The topological polar surface area (TPSA) is 71.1 Å². The Kier molecular flexibility index (Phi) is 5.46. The number of hydrogen-bond acceptors (Lipinski definition) is 3. The van der Waals surface area contributed by atoms with Crippen molar-refractivity contribution in [2.24, 2.45) is 0 Å². The van der Waals surface area contributed by atoms with Crippen LogP contribution in [-0.4, -0.2) is 16.8 Å². The number of amides is 2. The Labute approximate surface area is 176 Å². The van der Waals surface area contributed by atoms with Crippen LogP contribution in [0.1, 0.15) is 44.3 Å². The number of aromatic nitrogens is 1. The van der Waals surface area contributed by atoms with E-state index >= 15 is 0 Å². The molecule has 1 heterocycles. The third-order valence-electron chi connectivity index (χ3n) is 4.99. The first-order chi connectivity index (χ1) is 14.4. The van der Waals surface area contributed by atoms with Gasteiger partial charge in [0.05, 0.1) is 16.6 Å². The molecule has 1 aliphatic rings. The Morgan fingerprint density at radius 3 is 2.60 bits per heavy atom. The highest BCUT2D eigenvalue weighted by Crippen LogP contribution is 2.36. The van der Waals surface area contributed by atoms with E-state index in [9.17, 15) is 18.4 Å². The van der Waals surface area contributed by atoms with Crippen LogP contribution in [0.15, 0.2) is 54.9 Å². The van der Waals surface area contributed by atoms with E-state index in [0.717, 1.165) is 6.07 Å². The minimum atomic E-state index is -0.593. The van der Waals surface area contributed by atoms with Gasteiger partial charge in [-0.2, -0.15) is 0 Å². The number of carbonyl (C=O) groups excluding carboxylic acids is 2. The fraction of sp³-hybridized carbons (Fsp3) is 0.136. The SMILES string of the molecule is O=C(N[C@H]1CCc2c(C(=O)Nc3ccc(F)c(Cl)c3)ccc(F)c21)c1cccnc1. The second-order valence-corrected chi connectivity index (χ2v) is 7.28. The monoisotopic (exact) mass is 427 g/mol. The highest BCUT2D eigenvalue weighted by atomic mass is 35.5. The number of carbonyl (C=O) groups is 2. The van der Waals surface area contributed by atoms with E-state index in [1.165, 1.54) is 30.5 Å². The normalized spacial score (nSPS) is 14.8. The molecule has 0 spiro atoms. The molecule has 0 saturated carbocycles. The number of anilines is 1. The van der Waals surface area contributed by atoms with Crippen molar-refractivity contribution < 1.29 is 18.4 Å². The van der Waals surface area contributed by atoms with E-state index in [2.05, 4.69) is 15.6 Å². The van der Waals surface area contributed by atoms with Gasteiger partial charge in [-0.05, 0) is 60.9 Å². The van der Waals surface area contributed by atoms with Crippen molar-refractivity contribution in [3.63, 3.8) is 0 Å². The summed E-state index contributed by atoms with van der Waals surface area (Å²) in [6.07, 6.45) is 3.88. The van der Waals surface area contributed by atoms with Crippen molar-refractivity contribution in [1.82, 2.24) is 10.3 Å². The molecule has 1 atom stereocenters. The second kappa shape index (κ2) is 8.20. The van der Waals surface area contributed by atoms with Crippen LogP contribution in [0.4, 0.5) is 14.5 Å². The molecule has 2 aromatic carbocycles. The van der Waals surface area contributed by atoms with Crippen LogP contribution in [0, 0.1) is 11.6 Å². The summed E-state index contributed by atoms with van der Waals surface area (Å²) in [5.41, 5.74) is 1.83. The first-order valence-electron chi connectivity index (χ1n) is 9.22. The number of hydrogen-bond donors (Lipinski definition) is 2. The third kappa shape index (κ3) is 3.89. The van der Waals surface area contributed by atoms with Gasteiger partial charge in [0, 0.05) is 29.2 Å². The number of halogens is 3. The summed E-state index contributed by atoms with van der Waals surface area (Å²) in [4.78, 5) is 29.1. The van der Waals surface area contributed by atoms with Gasteiger partial charge in [0.15, 0.2) is 0 Å². The van der Waals surface area contributed by atoms with Gasteiger partial charge in [-0.3, -0.25) is 14.6 Å². The molecular weight excluding hydrogens is 412 g/mol. The summed E-state index contributed by atoms with van der Waals surface area (Å²) in [5.74, 6) is -1.91. The van der Waals surface area contributed by atoms with Gasteiger partial charge in [0.2, 0.25) is 0 Å². The van der Waals surface area contributed by atoms with Crippen LogP contribution in [0.2, 0.25) is 5.02 Å². The van der Waals surface area contributed by atoms with Gasteiger partial charge in [-0.15, -0.1) is 0 Å². The van der Waals surface area contributed by atoms with Gasteiger partial charge in [-0.1, -0.05) is 11.6 Å². The highest BCUT2D eigenvalue weighted by Gasteiger charge is 2.31. The maximum absolute atomic E-state index is 14.6. The molecule has 2 amide bonds. The predicted octanol–water partition coefficient (Wildman–Crippen LogP) is 4.68. The zero-order valence-corrected chi connectivity index (χ0v) is 16.3. The maximum Gasteiger partial charge on any atom is 0.255 e. The largest absolute Gasteiger partial charge is 0.345 e. The molecule has 2 N–H and O–H groups in total. The van der Waals surface area contributed by atoms with Gasteiger partial charge >= 0.3 is 0 Å². The number of fused-ring (bicyclic) bond motifs is 1. The quantitative estimate of drug-likeness (QED) is 0.635. The molecule has 30 heavy (non-hydrogen) atoms. The zero-order valence-electron chi connectivity index (χ0n) is 15.6. The van der Waals surface area contributed by atoms with E-state index in [0.29, 0.717) is 40.8 Å². The molecule has 152 valence electrons. The molecule has 0 saturated heterocycles. The molecule has 1 aliphatic carbocycles. The number of nitrogens with one attached hydrogen (secondary N) is 2. The molecule has 0 unspecified atom stereocenters. The van der Waals surface area contributed by atoms with E-state index in [4.69, 9.17) is 11.6 Å². The zero-order chi connectivity index (χ0) is 21.3. The lowest BCUT2D eigenvalue weighted by atomic mass is 10.0. The van der Waals surface area contributed by atoms with Crippen molar-refractivity contribution in [1.29, 1.82) is 0 Å². The van der Waals surface area contributed by atoms with Crippen LogP contribution in [-0.2, 0) is 6.42 Å². The fourth-order valence-corrected chi connectivity index (χ4v) is 3.76. The summed E-state index contributed by atoms with van der Waals surface area (Å²) in [6.45, 7) is 0. The fourth-order valence-electron chi connectivity index (χ4n) is 3.58. The first kappa shape index (κ1) is 20.0. The van der Waals surface area contributed by atoms with E-state index in [1.807, 2.05) is 0 Å². The Morgan fingerprint density at radius 1 is 1.07 bits per heavy atom. The summed E-state index contributed by atoms with van der Waals surface area (Å²) in [5, 5.41) is 5.35. The standard InChI is InChI=1S/C22H16ClF2N3O2/c23-16-10-13(3-6-17(16)24)27-22(30)15-4-7-18(25)20-14(15)5-8-19(20)28-21(29)12-2-1-9-26-11-12/h1-4,6-7,9-11,19H,5,8H2,(H,27,30)(H,28,29)/t19-/m0/s1. The van der Waals surface area contributed by atoms with Crippen LogP contribution in [0.25, 0.3) is 0 Å². The Hall–Kier alpha value is -3.32. The Morgan fingerprint density at radius 2 is 1.87 bits per heavy atom. The Balaban J connectivity index is 1.58. The number of rotatable bonds is 4. The van der Waals surface area contributed by atoms with E-state index in [1.54, 1.807) is 18.3 Å². The summed E-state index contributed by atoms with van der Waals surface area (Å²) in [6, 6.07) is 9.15.